The van der Waals surface area contributed by atoms with E-state index in [1.165, 1.54) is 38.2 Å². The van der Waals surface area contributed by atoms with Gasteiger partial charge in [0.2, 0.25) is 0 Å². The van der Waals surface area contributed by atoms with E-state index < -0.39 is 18.0 Å². The van der Waals surface area contributed by atoms with Crippen LogP contribution in [0.3, 0.4) is 0 Å². The Labute approximate surface area is 158 Å². The molecule has 0 aromatic rings. The summed E-state index contributed by atoms with van der Waals surface area (Å²) < 4.78 is 5.71. The van der Waals surface area contributed by atoms with Crippen LogP contribution in [0.1, 0.15) is 51.9 Å². The van der Waals surface area contributed by atoms with Crippen LogP contribution in [0.25, 0.3) is 0 Å². The van der Waals surface area contributed by atoms with Crippen molar-refractivity contribution in [3.8, 4) is 0 Å². The van der Waals surface area contributed by atoms with Crippen molar-refractivity contribution in [1.82, 2.24) is 0 Å². The summed E-state index contributed by atoms with van der Waals surface area (Å²) in [6, 6.07) is 0. The summed E-state index contributed by atoms with van der Waals surface area (Å²) in [6.07, 6.45) is 17.0. The maximum absolute atomic E-state index is 11.8. The number of hydrogen-bond donors (Lipinski definition) is 0. The molecule has 0 amide bonds. The van der Waals surface area contributed by atoms with E-state index >= 15 is 0 Å². The molecule has 0 aromatic heterocycles. The lowest BCUT2D eigenvalue weighted by Gasteiger charge is -2.28. The van der Waals surface area contributed by atoms with Crippen LogP contribution in [-0.2, 0) is 14.3 Å². The Balaban J connectivity index is 4.16. The highest BCUT2D eigenvalue weighted by molar-refractivity contribution is 5.82. The third-order valence-electron chi connectivity index (χ3n) is 3.60. The molecule has 148 valence electrons. The van der Waals surface area contributed by atoms with Gasteiger partial charge < -0.3 is 19.1 Å². The number of carbonyl (C=O) groups is 2. The van der Waals surface area contributed by atoms with Gasteiger partial charge in [-0.1, -0.05) is 63.0 Å². The predicted octanol–water partition coefficient (Wildman–Crippen LogP) is 2.77. The van der Waals surface area contributed by atoms with E-state index in [0.717, 1.165) is 6.42 Å². The van der Waals surface area contributed by atoms with Crippen molar-refractivity contribution in [2.24, 2.45) is 0 Å². The molecule has 26 heavy (non-hydrogen) atoms. The fourth-order valence-electron chi connectivity index (χ4n) is 2.45. The Hall–Kier alpha value is -1.88. The molecular weight excluding hydrogens is 330 g/mol. The van der Waals surface area contributed by atoms with Crippen molar-refractivity contribution in [1.29, 1.82) is 0 Å². The fourth-order valence-corrected chi connectivity index (χ4v) is 2.45. The van der Waals surface area contributed by atoms with Gasteiger partial charge in [0.1, 0.15) is 6.54 Å². The summed E-state index contributed by atoms with van der Waals surface area (Å²) in [6.45, 7) is 2.62. The van der Waals surface area contributed by atoms with Crippen LogP contribution < -0.4 is 5.11 Å². The molecule has 0 heterocycles. The molecule has 0 bridgehead atoms. The van der Waals surface area contributed by atoms with Crippen LogP contribution in [0, 0.1) is 0 Å². The first-order valence-corrected chi connectivity index (χ1v) is 9.45. The lowest BCUT2D eigenvalue weighted by molar-refractivity contribution is -0.873. The molecule has 0 rings (SSSR count). The lowest BCUT2D eigenvalue weighted by atomic mass is 10.1. The SMILES string of the molecule is CCCCCCC/C=C/C=C/C=C/C(=O)OC(CC(=O)[O-])C[N+](C)(C)C. The Bertz CT molecular complexity index is 487. The highest BCUT2D eigenvalue weighted by Gasteiger charge is 2.21. The van der Waals surface area contributed by atoms with Gasteiger partial charge in [-0.25, -0.2) is 4.79 Å². The third-order valence-corrected chi connectivity index (χ3v) is 3.60. The molecule has 0 spiro atoms. The van der Waals surface area contributed by atoms with Crippen molar-refractivity contribution in [3.05, 3.63) is 36.5 Å². The van der Waals surface area contributed by atoms with Crippen LogP contribution >= 0.6 is 0 Å². The quantitative estimate of drug-likeness (QED) is 0.156. The van der Waals surface area contributed by atoms with Gasteiger partial charge in [-0.2, -0.15) is 0 Å². The molecule has 0 aliphatic carbocycles. The van der Waals surface area contributed by atoms with Crippen molar-refractivity contribution >= 4 is 11.9 Å². The first-order valence-electron chi connectivity index (χ1n) is 9.45. The molecule has 0 saturated heterocycles. The highest BCUT2D eigenvalue weighted by atomic mass is 16.5. The summed E-state index contributed by atoms with van der Waals surface area (Å²) in [5.41, 5.74) is 0. The number of ether oxygens (including phenoxy) is 1. The summed E-state index contributed by atoms with van der Waals surface area (Å²) in [5.74, 6) is -1.77. The largest absolute Gasteiger partial charge is 0.550 e. The number of nitrogens with zero attached hydrogens (tertiary/aromatic N) is 1. The van der Waals surface area contributed by atoms with Gasteiger partial charge in [-0.3, -0.25) is 0 Å². The predicted molar refractivity (Wildman–Crippen MR) is 103 cm³/mol. The molecule has 1 atom stereocenters. The maximum Gasteiger partial charge on any atom is 0.331 e. The van der Waals surface area contributed by atoms with Crippen molar-refractivity contribution in [3.63, 3.8) is 0 Å². The zero-order chi connectivity index (χ0) is 19.8. The average Bonchev–Trinajstić information content (AvgIpc) is 2.50. The number of carbonyl (C=O) groups excluding carboxylic acids is 2. The average molecular weight is 366 g/mol. The zero-order valence-corrected chi connectivity index (χ0v) is 16.8. The number of quaternary nitrogens is 1. The minimum atomic E-state index is -1.22. The van der Waals surface area contributed by atoms with Crippen molar-refractivity contribution < 1.29 is 23.9 Å². The number of rotatable bonds is 14. The van der Waals surface area contributed by atoms with Crippen molar-refractivity contribution in [2.45, 2.75) is 58.0 Å². The normalized spacial score (nSPS) is 13.7. The number of esters is 1. The van der Waals surface area contributed by atoms with Gasteiger partial charge in [0.15, 0.2) is 6.10 Å². The number of unbranched alkanes of at least 4 members (excludes halogenated alkanes) is 5. The second-order valence-electron chi connectivity index (χ2n) is 7.48. The van der Waals surface area contributed by atoms with Gasteiger partial charge in [-0.15, -0.1) is 0 Å². The minimum absolute atomic E-state index is 0.300. The number of carboxylic acids is 1. The van der Waals surface area contributed by atoms with E-state index in [9.17, 15) is 14.7 Å². The van der Waals surface area contributed by atoms with E-state index in [2.05, 4.69) is 13.0 Å². The number of allylic oxidation sites excluding steroid dienone is 5. The van der Waals surface area contributed by atoms with Gasteiger partial charge >= 0.3 is 5.97 Å². The summed E-state index contributed by atoms with van der Waals surface area (Å²) in [4.78, 5) is 22.6. The molecule has 0 fully saturated rings. The Morgan fingerprint density at radius 1 is 1.00 bits per heavy atom. The number of likely N-dealkylation sites (N-methyl/N-ethyl adjacent to an activating group) is 1. The molecule has 0 aliphatic rings. The third kappa shape index (κ3) is 17.0. The molecular formula is C21H35NO4. The molecule has 0 aliphatic heterocycles. The Kier molecular flexibility index (Phi) is 13.3. The monoisotopic (exact) mass is 365 g/mol. The topological polar surface area (TPSA) is 66.4 Å². The second-order valence-corrected chi connectivity index (χ2v) is 7.48. The molecule has 0 saturated carbocycles. The summed E-state index contributed by atoms with van der Waals surface area (Å²) >= 11 is 0. The zero-order valence-electron chi connectivity index (χ0n) is 16.8. The Morgan fingerprint density at radius 2 is 1.65 bits per heavy atom. The summed E-state index contributed by atoms with van der Waals surface area (Å²) in [5, 5.41) is 10.8. The number of hydrogen-bond acceptors (Lipinski definition) is 4. The van der Waals surface area contributed by atoms with Crippen LogP contribution in [0.15, 0.2) is 36.5 Å². The molecule has 5 nitrogen and oxygen atoms in total. The minimum Gasteiger partial charge on any atom is -0.550 e. The van der Waals surface area contributed by atoms with Gasteiger partial charge in [0.05, 0.1) is 21.1 Å². The first kappa shape index (κ1) is 24.1. The standard InChI is InChI=1S/C21H35NO4/c1-5-6-7-8-9-10-11-12-13-14-15-16-21(25)26-19(17-20(23)24)18-22(2,3)4/h11-16,19H,5-10,17-18H2,1-4H3/b12-11+,14-13+,16-15+. The molecule has 5 heteroatoms. The smallest absolute Gasteiger partial charge is 0.331 e. The summed E-state index contributed by atoms with van der Waals surface area (Å²) in [7, 11) is 5.72. The number of aliphatic carboxylic acids is 1. The lowest BCUT2D eigenvalue weighted by Crippen LogP contribution is -2.45. The van der Waals surface area contributed by atoms with E-state index in [0.29, 0.717) is 11.0 Å². The van der Waals surface area contributed by atoms with Gasteiger partial charge in [0.25, 0.3) is 0 Å². The maximum atomic E-state index is 11.8. The van der Waals surface area contributed by atoms with Crippen LogP contribution in [0.5, 0.6) is 0 Å². The van der Waals surface area contributed by atoms with Crippen molar-refractivity contribution in [2.75, 3.05) is 27.7 Å². The van der Waals surface area contributed by atoms with E-state index in [1.54, 1.807) is 12.2 Å². The van der Waals surface area contributed by atoms with Gasteiger partial charge in [0, 0.05) is 18.5 Å². The molecule has 0 radical (unpaired) electrons. The van der Waals surface area contributed by atoms with E-state index in [1.807, 2.05) is 33.3 Å². The number of carboxylic acid groups (broad SMARTS) is 1. The second kappa shape index (κ2) is 14.3. The highest BCUT2D eigenvalue weighted by Crippen LogP contribution is 2.06. The van der Waals surface area contributed by atoms with Crippen LogP contribution in [0.2, 0.25) is 0 Å². The van der Waals surface area contributed by atoms with E-state index in [4.69, 9.17) is 4.74 Å². The molecule has 0 aromatic carbocycles. The van der Waals surface area contributed by atoms with E-state index in [-0.39, 0.29) is 6.42 Å². The van der Waals surface area contributed by atoms with Crippen LogP contribution in [-0.4, -0.2) is 50.2 Å². The fraction of sp³-hybridized carbons (Fsp3) is 0.619. The Morgan fingerprint density at radius 3 is 2.27 bits per heavy atom. The molecule has 1 unspecified atom stereocenters. The van der Waals surface area contributed by atoms with Crippen LogP contribution in [0.4, 0.5) is 0 Å². The van der Waals surface area contributed by atoms with Gasteiger partial charge in [-0.05, 0) is 12.8 Å². The first-order chi connectivity index (χ1) is 12.2. The molecule has 0 N–H and O–H groups in total.